The fraction of sp³-hybridized carbons (Fsp3) is 0.111. The molecule has 0 radical (unpaired) electrons. The number of aryl methyl sites for hydroxylation is 2. The lowest BCUT2D eigenvalue weighted by Gasteiger charge is -2.02. The fourth-order valence-corrected chi connectivity index (χ4v) is 3.97. The molecular formula is C18H14IN3O4S. The molecule has 2 aromatic carbocycles. The van der Waals surface area contributed by atoms with Gasteiger partial charge in [0.1, 0.15) is 0 Å². The molecule has 138 valence electrons. The van der Waals surface area contributed by atoms with Crippen molar-refractivity contribution in [1.29, 1.82) is 0 Å². The quantitative estimate of drug-likeness (QED) is 0.284. The van der Waals surface area contributed by atoms with E-state index in [9.17, 15) is 20.0 Å². The number of benzene rings is 2. The normalized spacial score (nSPS) is 16.8. The minimum absolute atomic E-state index is 0.325. The molecule has 0 atom stereocenters. The van der Waals surface area contributed by atoms with Crippen molar-refractivity contribution in [3.63, 3.8) is 0 Å². The summed E-state index contributed by atoms with van der Waals surface area (Å²) >= 11 is 2.97. The lowest BCUT2D eigenvalue weighted by Crippen LogP contribution is -2.19. The Morgan fingerprint density at radius 3 is 2.70 bits per heavy atom. The maximum atomic E-state index is 12.2. The number of carbonyl (C=O) groups is 1. The van der Waals surface area contributed by atoms with Crippen molar-refractivity contribution in [2.45, 2.75) is 13.8 Å². The van der Waals surface area contributed by atoms with Gasteiger partial charge in [-0.25, -0.2) is 4.99 Å². The summed E-state index contributed by atoms with van der Waals surface area (Å²) in [5, 5.41) is 24.0. The first-order valence-corrected chi connectivity index (χ1v) is 9.68. The number of nitro groups is 1. The number of nitrogens with zero attached hydrogens (tertiary/aromatic N) is 2. The maximum absolute atomic E-state index is 12.2. The molecule has 2 N–H and O–H groups in total. The van der Waals surface area contributed by atoms with Gasteiger partial charge in [-0.3, -0.25) is 14.9 Å². The van der Waals surface area contributed by atoms with Crippen LogP contribution in [0.25, 0.3) is 6.08 Å². The Morgan fingerprint density at radius 1 is 1.30 bits per heavy atom. The third-order valence-electron chi connectivity index (χ3n) is 3.79. The molecule has 9 heteroatoms. The van der Waals surface area contributed by atoms with Crippen molar-refractivity contribution >= 4 is 62.9 Å². The topological polar surface area (TPSA) is 105 Å². The van der Waals surface area contributed by atoms with E-state index in [1.807, 2.05) is 54.6 Å². The second-order valence-electron chi connectivity index (χ2n) is 5.90. The highest BCUT2D eigenvalue weighted by Gasteiger charge is 2.25. The van der Waals surface area contributed by atoms with E-state index in [-0.39, 0.29) is 11.7 Å². The third-order valence-corrected chi connectivity index (χ3v) is 5.52. The van der Waals surface area contributed by atoms with Gasteiger partial charge in [0.05, 0.1) is 19.1 Å². The van der Waals surface area contributed by atoms with Gasteiger partial charge in [-0.15, -0.1) is 0 Å². The molecular weight excluding hydrogens is 481 g/mol. The number of aromatic hydroxyl groups is 1. The summed E-state index contributed by atoms with van der Waals surface area (Å²) in [6, 6.07) is 8.65. The molecule has 1 saturated heterocycles. The molecule has 0 bridgehead atoms. The van der Waals surface area contributed by atoms with Crippen LogP contribution in [0.3, 0.4) is 0 Å². The van der Waals surface area contributed by atoms with Crippen molar-refractivity contribution in [1.82, 2.24) is 5.32 Å². The number of carbonyl (C=O) groups excluding carboxylic acids is 1. The van der Waals surface area contributed by atoms with Crippen LogP contribution in [-0.2, 0) is 4.79 Å². The molecule has 0 saturated carbocycles. The number of amidine groups is 1. The Labute approximate surface area is 172 Å². The number of hydrogen-bond acceptors (Lipinski definition) is 6. The molecule has 3 rings (SSSR count). The molecule has 1 aliphatic heterocycles. The predicted octanol–water partition coefficient (Wildman–Crippen LogP) is 4.41. The van der Waals surface area contributed by atoms with Crippen LogP contribution in [0.15, 0.2) is 40.2 Å². The van der Waals surface area contributed by atoms with Gasteiger partial charge >= 0.3 is 5.69 Å². The number of halogens is 1. The molecule has 27 heavy (non-hydrogen) atoms. The van der Waals surface area contributed by atoms with E-state index < -0.39 is 10.6 Å². The average molecular weight is 495 g/mol. The van der Waals surface area contributed by atoms with Crippen LogP contribution in [-0.4, -0.2) is 21.1 Å². The summed E-state index contributed by atoms with van der Waals surface area (Å²) in [5.41, 5.74) is 2.94. The first kappa shape index (κ1) is 19.4. The Kier molecular flexibility index (Phi) is 5.51. The lowest BCUT2D eigenvalue weighted by molar-refractivity contribution is -0.386. The number of amides is 1. The summed E-state index contributed by atoms with van der Waals surface area (Å²) in [7, 11) is 0. The number of rotatable bonds is 3. The summed E-state index contributed by atoms with van der Waals surface area (Å²) in [6.45, 7) is 3.94. The van der Waals surface area contributed by atoms with Gasteiger partial charge in [-0.1, -0.05) is 17.7 Å². The standard InChI is InChI=1S/C18H14IN3O4S/c1-9-3-4-13(10(2)5-9)20-18-21-17(24)15(27-18)8-11-6-12(19)16(23)14(7-11)22(25)26/h3-8,23H,1-2H3,(H,20,21,24)/b15-8+. The van der Waals surface area contributed by atoms with E-state index in [0.717, 1.165) is 28.6 Å². The number of hydrogen-bond donors (Lipinski definition) is 2. The first-order valence-electron chi connectivity index (χ1n) is 7.78. The highest BCUT2D eigenvalue weighted by molar-refractivity contribution is 14.1. The van der Waals surface area contributed by atoms with Gasteiger partial charge in [0, 0.05) is 6.07 Å². The minimum atomic E-state index is -0.658. The van der Waals surface area contributed by atoms with Gasteiger partial charge in [0.25, 0.3) is 5.91 Å². The monoisotopic (exact) mass is 495 g/mol. The van der Waals surface area contributed by atoms with Crippen molar-refractivity contribution in [3.8, 4) is 5.75 Å². The first-order chi connectivity index (χ1) is 12.7. The number of nitro benzene ring substituents is 1. The second kappa shape index (κ2) is 7.69. The summed E-state index contributed by atoms with van der Waals surface area (Å²) in [6.07, 6.45) is 1.54. The van der Waals surface area contributed by atoms with Crippen LogP contribution in [0, 0.1) is 27.5 Å². The van der Waals surface area contributed by atoms with Gasteiger partial charge in [-0.05, 0) is 77.5 Å². The van der Waals surface area contributed by atoms with E-state index in [2.05, 4.69) is 10.3 Å². The molecule has 0 aliphatic carbocycles. The molecule has 1 heterocycles. The van der Waals surface area contributed by atoms with Crippen molar-refractivity contribution < 1.29 is 14.8 Å². The SMILES string of the molecule is Cc1ccc(N=C2NC(=O)/C(=C\c3cc(I)c(O)c([N+](=O)[O-])c3)S2)c(C)c1. The maximum Gasteiger partial charge on any atom is 0.312 e. The zero-order valence-electron chi connectivity index (χ0n) is 14.3. The second-order valence-corrected chi connectivity index (χ2v) is 8.09. The Bertz CT molecular complexity index is 1030. The number of phenolic OH excluding ortho intramolecular Hbond substituents is 1. The molecule has 1 amide bonds. The molecule has 1 fully saturated rings. The predicted molar refractivity (Wildman–Crippen MR) is 114 cm³/mol. The summed E-state index contributed by atoms with van der Waals surface area (Å²) < 4.78 is 0.334. The van der Waals surface area contributed by atoms with Crippen LogP contribution in [0.4, 0.5) is 11.4 Å². The van der Waals surface area contributed by atoms with E-state index in [1.54, 1.807) is 12.1 Å². The van der Waals surface area contributed by atoms with Crippen molar-refractivity contribution in [3.05, 3.63) is 65.6 Å². The van der Waals surface area contributed by atoms with Gasteiger partial charge in [0.2, 0.25) is 5.75 Å². The lowest BCUT2D eigenvalue weighted by atomic mass is 10.1. The van der Waals surface area contributed by atoms with Crippen LogP contribution < -0.4 is 5.32 Å². The van der Waals surface area contributed by atoms with Crippen molar-refractivity contribution in [2.75, 3.05) is 0 Å². The molecule has 0 spiro atoms. The molecule has 0 aromatic heterocycles. The van der Waals surface area contributed by atoms with Gasteiger partial charge in [-0.2, -0.15) is 0 Å². The van der Waals surface area contributed by atoms with E-state index in [1.165, 1.54) is 6.07 Å². The van der Waals surface area contributed by atoms with Crippen LogP contribution in [0.2, 0.25) is 0 Å². The van der Waals surface area contributed by atoms with Gasteiger partial charge in [0.15, 0.2) is 5.17 Å². The van der Waals surface area contributed by atoms with E-state index in [4.69, 9.17) is 0 Å². The molecule has 1 aliphatic rings. The molecule has 7 nitrogen and oxygen atoms in total. The number of nitrogens with one attached hydrogen (secondary N) is 1. The summed E-state index contributed by atoms with van der Waals surface area (Å²) in [5.74, 6) is -0.711. The van der Waals surface area contributed by atoms with Crippen molar-refractivity contribution in [2.24, 2.45) is 4.99 Å². The highest BCUT2D eigenvalue weighted by atomic mass is 127. The average Bonchev–Trinajstić information content (AvgIpc) is 2.92. The smallest absolute Gasteiger partial charge is 0.312 e. The largest absolute Gasteiger partial charge is 0.501 e. The number of thioether (sulfide) groups is 1. The zero-order valence-corrected chi connectivity index (χ0v) is 17.3. The van der Waals surface area contributed by atoms with E-state index >= 15 is 0 Å². The third kappa shape index (κ3) is 4.30. The molecule has 0 unspecified atom stereocenters. The van der Waals surface area contributed by atoms with Crippen LogP contribution in [0.5, 0.6) is 5.75 Å². The van der Waals surface area contributed by atoms with Gasteiger partial charge < -0.3 is 10.4 Å². The number of phenols is 1. The summed E-state index contributed by atoms with van der Waals surface area (Å²) in [4.78, 5) is 27.5. The number of aliphatic imine (C=N–C) groups is 1. The molecule has 2 aromatic rings. The Balaban J connectivity index is 1.92. The van der Waals surface area contributed by atoms with E-state index in [0.29, 0.717) is 19.2 Å². The zero-order chi connectivity index (χ0) is 19.7. The fourth-order valence-electron chi connectivity index (χ4n) is 2.50. The Hall–Kier alpha value is -2.40. The minimum Gasteiger partial charge on any atom is -0.501 e. The highest BCUT2D eigenvalue weighted by Crippen LogP contribution is 2.35. The van der Waals surface area contributed by atoms with Crippen LogP contribution >= 0.6 is 34.4 Å². The Morgan fingerprint density at radius 2 is 2.04 bits per heavy atom. The van der Waals surface area contributed by atoms with Crippen LogP contribution in [0.1, 0.15) is 16.7 Å².